The van der Waals surface area contributed by atoms with Crippen LogP contribution in [0.15, 0.2) is 12.4 Å². The Morgan fingerprint density at radius 3 is 3.13 bits per heavy atom. The molecule has 0 bridgehead atoms. The van der Waals surface area contributed by atoms with E-state index in [1.54, 1.807) is 6.20 Å². The fourth-order valence-corrected chi connectivity index (χ4v) is 2.40. The number of rotatable bonds is 3. The molecule has 84 valence electrons. The Hall–Kier alpha value is -0.870. The third kappa shape index (κ3) is 1.92. The molecule has 0 aliphatic heterocycles. The molecule has 0 spiro atoms. The first kappa shape index (κ1) is 10.6. The van der Waals surface area contributed by atoms with Crippen molar-refractivity contribution in [3.8, 4) is 0 Å². The molecule has 0 amide bonds. The molecule has 1 heterocycles. The summed E-state index contributed by atoms with van der Waals surface area (Å²) in [5.74, 6) is 0.789. The summed E-state index contributed by atoms with van der Waals surface area (Å²) >= 11 is 0. The fraction of sp³-hybridized carbons (Fsp3) is 0.727. The molecule has 1 aliphatic carbocycles. The normalized spacial score (nSPS) is 31.0. The van der Waals surface area contributed by atoms with E-state index in [9.17, 15) is 5.11 Å². The van der Waals surface area contributed by atoms with E-state index < -0.39 is 5.60 Å². The van der Waals surface area contributed by atoms with E-state index in [0.717, 1.165) is 31.6 Å². The van der Waals surface area contributed by atoms with Crippen molar-refractivity contribution in [2.24, 2.45) is 5.73 Å². The Balaban J connectivity index is 2.24. The van der Waals surface area contributed by atoms with Crippen LogP contribution in [-0.2, 0) is 12.1 Å². The first-order valence-corrected chi connectivity index (χ1v) is 5.65. The van der Waals surface area contributed by atoms with Crippen LogP contribution in [0.5, 0.6) is 0 Å². The van der Waals surface area contributed by atoms with Crippen molar-refractivity contribution in [3.63, 3.8) is 0 Å². The standard InChI is InChI=1S/C11H19N3O/c1-2-6-14-7-5-13-10(14)11(15)4-3-9(12)8-11/h5,7,9,15H,2-4,6,8,12H2,1H3. The van der Waals surface area contributed by atoms with Gasteiger partial charge in [0.05, 0.1) is 0 Å². The Labute approximate surface area is 90.1 Å². The summed E-state index contributed by atoms with van der Waals surface area (Å²) in [6.07, 6.45) is 6.98. The third-order valence-corrected chi connectivity index (χ3v) is 3.12. The molecular weight excluding hydrogens is 190 g/mol. The second kappa shape index (κ2) is 3.94. The highest BCUT2D eigenvalue weighted by atomic mass is 16.3. The molecule has 1 aromatic heterocycles. The molecule has 2 rings (SSSR count). The van der Waals surface area contributed by atoms with Gasteiger partial charge in [0.15, 0.2) is 0 Å². The van der Waals surface area contributed by atoms with Gasteiger partial charge in [0.1, 0.15) is 11.4 Å². The van der Waals surface area contributed by atoms with Crippen LogP contribution in [-0.4, -0.2) is 20.7 Å². The second-order valence-electron chi connectivity index (χ2n) is 4.48. The molecule has 0 radical (unpaired) electrons. The van der Waals surface area contributed by atoms with E-state index >= 15 is 0 Å². The lowest BCUT2D eigenvalue weighted by molar-refractivity contribution is 0.0301. The smallest absolute Gasteiger partial charge is 0.140 e. The second-order valence-corrected chi connectivity index (χ2v) is 4.48. The summed E-state index contributed by atoms with van der Waals surface area (Å²) in [6.45, 7) is 3.03. The first-order chi connectivity index (χ1) is 7.15. The third-order valence-electron chi connectivity index (χ3n) is 3.12. The lowest BCUT2D eigenvalue weighted by Crippen LogP contribution is -2.29. The predicted molar refractivity (Wildman–Crippen MR) is 58.2 cm³/mol. The molecule has 2 atom stereocenters. The molecule has 15 heavy (non-hydrogen) atoms. The Kier molecular flexibility index (Phi) is 2.80. The zero-order chi connectivity index (χ0) is 10.9. The molecule has 0 saturated heterocycles. The van der Waals surface area contributed by atoms with Crippen LogP contribution in [0.1, 0.15) is 38.4 Å². The van der Waals surface area contributed by atoms with E-state index in [-0.39, 0.29) is 6.04 Å². The Morgan fingerprint density at radius 2 is 2.53 bits per heavy atom. The maximum Gasteiger partial charge on any atom is 0.140 e. The minimum Gasteiger partial charge on any atom is -0.382 e. The zero-order valence-corrected chi connectivity index (χ0v) is 9.19. The minimum absolute atomic E-state index is 0.113. The molecule has 2 unspecified atom stereocenters. The molecule has 1 aromatic rings. The number of aryl methyl sites for hydroxylation is 1. The van der Waals surface area contributed by atoms with Gasteiger partial charge in [-0.3, -0.25) is 0 Å². The SMILES string of the molecule is CCCn1ccnc1C1(O)CCC(N)C1. The van der Waals surface area contributed by atoms with Crippen molar-refractivity contribution < 1.29 is 5.11 Å². The summed E-state index contributed by atoms with van der Waals surface area (Å²) in [5.41, 5.74) is 5.05. The first-order valence-electron chi connectivity index (χ1n) is 5.65. The van der Waals surface area contributed by atoms with Crippen molar-refractivity contribution in [1.82, 2.24) is 9.55 Å². The van der Waals surface area contributed by atoms with Gasteiger partial charge in [0, 0.05) is 25.0 Å². The van der Waals surface area contributed by atoms with Crippen LogP contribution in [0.2, 0.25) is 0 Å². The highest BCUT2D eigenvalue weighted by molar-refractivity contribution is 5.09. The van der Waals surface area contributed by atoms with Crippen molar-refractivity contribution in [2.75, 3.05) is 0 Å². The fourth-order valence-electron chi connectivity index (χ4n) is 2.40. The van der Waals surface area contributed by atoms with Crippen LogP contribution in [0, 0.1) is 0 Å². The van der Waals surface area contributed by atoms with Gasteiger partial charge in [-0.1, -0.05) is 6.92 Å². The van der Waals surface area contributed by atoms with E-state index in [0.29, 0.717) is 6.42 Å². The number of aromatic nitrogens is 2. The van der Waals surface area contributed by atoms with Gasteiger partial charge in [-0.25, -0.2) is 4.98 Å². The van der Waals surface area contributed by atoms with E-state index in [2.05, 4.69) is 11.9 Å². The van der Waals surface area contributed by atoms with Crippen molar-refractivity contribution in [1.29, 1.82) is 0 Å². The van der Waals surface area contributed by atoms with Crippen LogP contribution < -0.4 is 5.73 Å². The van der Waals surface area contributed by atoms with Gasteiger partial charge < -0.3 is 15.4 Å². The van der Waals surface area contributed by atoms with Crippen molar-refractivity contribution in [2.45, 2.75) is 50.8 Å². The van der Waals surface area contributed by atoms with Crippen molar-refractivity contribution in [3.05, 3.63) is 18.2 Å². The summed E-state index contributed by atoms with van der Waals surface area (Å²) in [6, 6.07) is 0.113. The van der Waals surface area contributed by atoms with Gasteiger partial charge >= 0.3 is 0 Å². The summed E-state index contributed by atoms with van der Waals surface area (Å²) in [7, 11) is 0. The molecule has 1 aliphatic rings. The highest BCUT2D eigenvalue weighted by Gasteiger charge is 2.40. The van der Waals surface area contributed by atoms with Gasteiger partial charge in [-0.15, -0.1) is 0 Å². The number of aliphatic hydroxyl groups is 1. The van der Waals surface area contributed by atoms with E-state index in [4.69, 9.17) is 5.73 Å². The van der Waals surface area contributed by atoms with Gasteiger partial charge in [-0.05, 0) is 25.7 Å². The molecule has 0 aromatic carbocycles. The van der Waals surface area contributed by atoms with Crippen LogP contribution in [0.25, 0.3) is 0 Å². The predicted octanol–water partition coefficient (Wildman–Crippen LogP) is 0.992. The molecule has 1 fully saturated rings. The molecule has 4 nitrogen and oxygen atoms in total. The number of hydrogen-bond acceptors (Lipinski definition) is 3. The Morgan fingerprint density at radius 1 is 1.73 bits per heavy atom. The van der Waals surface area contributed by atoms with Gasteiger partial charge in [0.2, 0.25) is 0 Å². The number of nitrogens with two attached hydrogens (primary N) is 1. The van der Waals surface area contributed by atoms with Crippen molar-refractivity contribution >= 4 is 0 Å². The van der Waals surface area contributed by atoms with Crippen LogP contribution in [0.3, 0.4) is 0 Å². The van der Waals surface area contributed by atoms with Crippen LogP contribution >= 0.6 is 0 Å². The number of hydrogen-bond donors (Lipinski definition) is 2. The molecule has 3 N–H and O–H groups in total. The van der Waals surface area contributed by atoms with Gasteiger partial charge in [0.25, 0.3) is 0 Å². The Bertz CT molecular complexity index is 336. The summed E-state index contributed by atoms with van der Waals surface area (Å²) in [5, 5.41) is 10.5. The summed E-state index contributed by atoms with van der Waals surface area (Å²) in [4.78, 5) is 4.28. The summed E-state index contributed by atoms with van der Waals surface area (Å²) < 4.78 is 2.04. The zero-order valence-electron chi connectivity index (χ0n) is 9.19. The van der Waals surface area contributed by atoms with E-state index in [1.807, 2.05) is 10.8 Å². The minimum atomic E-state index is -0.794. The molecule has 1 saturated carbocycles. The van der Waals surface area contributed by atoms with E-state index in [1.165, 1.54) is 0 Å². The molecular formula is C11H19N3O. The maximum atomic E-state index is 10.5. The maximum absolute atomic E-state index is 10.5. The molecule has 4 heteroatoms. The monoisotopic (exact) mass is 209 g/mol. The average Bonchev–Trinajstić information content (AvgIpc) is 2.75. The largest absolute Gasteiger partial charge is 0.382 e. The average molecular weight is 209 g/mol. The van der Waals surface area contributed by atoms with Crippen LogP contribution in [0.4, 0.5) is 0 Å². The highest BCUT2D eigenvalue weighted by Crippen LogP contribution is 2.37. The number of nitrogens with zero attached hydrogens (tertiary/aromatic N) is 2. The lowest BCUT2D eigenvalue weighted by atomic mass is 10.0. The lowest BCUT2D eigenvalue weighted by Gasteiger charge is -2.22. The van der Waals surface area contributed by atoms with Gasteiger partial charge in [-0.2, -0.15) is 0 Å². The quantitative estimate of drug-likeness (QED) is 0.780. The number of imidazole rings is 1. The topological polar surface area (TPSA) is 64.1 Å².